The van der Waals surface area contributed by atoms with E-state index in [0.29, 0.717) is 19.0 Å². The molecule has 0 bridgehead atoms. The number of rotatable bonds is 7. The molecule has 1 heterocycles. The van der Waals surface area contributed by atoms with E-state index < -0.39 is 6.04 Å². The molecule has 1 amide bonds. The number of piperidine rings is 1. The molecule has 0 unspecified atom stereocenters. The fraction of sp³-hybridized carbons (Fsp3) is 0.400. The molecule has 1 aliphatic heterocycles. The van der Waals surface area contributed by atoms with Crippen molar-refractivity contribution in [1.29, 1.82) is 0 Å². The maximum atomic E-state index is 12.1. The number of benzene rings is 2. The van der Waals surface area contributed by atoms with Gasteiger partial charge in [-0.15, -0.1) is 0 Å². The number of nitrogens with two attached hydrogens (primary N) is 1. The van der Waals surface area contributed by atoms with Crippen molar-refractivity contribution in [3.05, 3.63) is 65.2 Å². The van der Waals surface area contributed by atoms with E-state index in [1.807, 2.05) is 36.4 Å². The fourth-order valence-electron chi connectivity index (χ4n) is 3.67. The van der Waals surface area contributed by atoms with Gasteiger partial charge in [0, 0.05) is 24.2 Å². The lowest BCUT2D eigenvalue weighted by Crippen LogP contribution is -2.48. The third-order valence-electron chi connectivity index (χ3n) is 5.48. The van der Waals surface area contributed by atoms with Crippen LogP contribution >= 0.6 is 0 Å². The third-order valence-corrected chi connectivity index (χ3v) is 5.48. The van der Waals surface area contributed by atoms with Crippen LogP contribution in [0.1, 0.15) is 29.5 Å². The highest BCUT2D eigenvalue weighted by Crippen LogP contribution is 2.22. The molecule has 0 aliphatic carbocycles. The molecule has 0 radical (unpaired) electrons. The Balaban J connectivity index is 1.49. The summed E-state index contributed by atoms with van der Waals surface area (Å²) in [5.74, 6) is 7.44. The summed E-state index contributed by atoms with van der Waals surface area (Å²) in [5, 5.41) is 17.8. The van der Waals surface area contributed by atoms with Gasteiger partial charge < -0.3 is 25.6 Å². The summed E-state index contributed by atoms with van der Waals surface area (Å²) in [6.45, 7) is 1.37. The normalized spacial score (nSPS) is 15.1. The highest BCUT2D eigenvalue weighted by molar-refractivity contribution is 5.81. The van der Waals surface area contributed by atoms with Crippen molar-refractivity contribution in [1.82, 2.24) is 4.90 Å². The Morgan fingerprint density at radius 3 is 2.16 bits per heavy atom. The quantitative estimate of drug-likeness (QED) is 0.589. The summed E-state index contributed by atoms with van der Waals surface area (Å²) < 4.78 is 5.35. The van der Waals surface area contributed by atoms with E-state index in [9.17, 15) is 4.79 Å². The second-order valence-corrected chi connectivity index (χ2v) is 7.81. The monoisotopic (exact) mass is 422 g/mol. The molecular weight excluding hydrogens is 392 g/mol. The molecule has 0 spiro atoms. The molecule has 1 atom stereocenters. The highest BCUT2D eigenvalue weighted by Gasteiger charge is 2.25. The largest absolute Gasteiger partial charge is 0.491 e. The minimum atomic E-state index is -0.803. The smallest absolute Gasteiger partial charge is 0.241 e. The van der Waals surface area contributed by atoms with Crippen LogP contribution in [-0.2, 0) is 11.2 Å². The lowest BCUT2D eigenvalue weighted by atomic mass is 9.89. The summed E-state index contributed by atoms with van der Waals surface area (Å²) >= 11 is 0. The van der Waals surface area contributed by atoms with Crippen molar-refractivity contribution >= 4 is 5.91 Å². The first kappa shape index (κ1) is 22.8. The summed E-state index contributed by atoms with van der Waals surface area (Å²) in [4.78, 5) is 13.8. The van der Waals surface area contributed by atoms with E-state index in [-0.39, 0.29) is 25.7 Å². The lowest BCUT2D eigenvalue weighted by Gasteiger charge is -2.33. The van der Waals surface area contributed by atoms with Gasteiger partial charge in [-0.2, -0.15) is 0 Å². The minimum absolute atomic E-state index is 0.00421. The predicted molar refractivity (Wildman–Crippen MR) is 120 cm³/mol. The Bertz CT molecular complexity index is 892. The number of ether oxygens (including phenoxy) is 1. The maximum Gasteiger partial charge on any atom is 0.241 e. The summed E-state index contributed by atoms with van der Waals surface area (Å²) in [7, 11) is 0. The number of nitrogens with zero attached hydrogens (tertiary/aromatic N) is 1. The van der Waals surface area contributed by atoms with E-state index in [1.165, 1.54) is 5.56 Å². The van der Waals surface area contributed by atoms with Crippen molar-refractivity contribution in [2.24, 2.45) is 11.7 Å². The number of aliphatic hydroxyl groups excluding tert-OH is 2. The van der Waals surface area contributed by atoms with Gasteiger partial charge in [0.25, 0.3) is 0 Å². The first-order valence-electron chi connectivity index (χ1n) is 10.7. The maximum absolute atomic E-state index is 12.1. The fourth-order valence-corrected chi connectivity index (χ4v) is 3.67. The first-order chi connectivity index (χ1) is 15.1. The summed E-state index contributed by atoms with van der Waals surface area (Å²) in [6, 6.07) is 15.0. The van der Waals surface area contributed by atoms with Gasteiger partial charge in [0.05, 0.1) is 13.2 Å². The Labute approximate surface area is 183 Å². The van der Waals surface area contributed by atoms with Crippen molar-refractivity contribution < 1.29 is 19.7 Å². The second-order valence-electron chi connectivity index (χ2n) is 7.81. The minimum Gasteiger partial charge on any atom is -0.491 e. The number of aliphatic hydroxyl groups is 2. The summed E-state index contributed by atoms with van der Waals surface area (Å²) in [5.41, 5.74) is 8.78. The van der Waals surface area contributed by atoms with Gasteiger partial charge in [0.15, 0.2) is 0 Å². The van der Waals surface area contributed by atoms with E-state index in [4.69, 9.17) is 20.7 Å². The van der Waals surface area contributed by atoms with Crippen molar-refractivity contribution in [2.75, 3.05) is 32.9 Å². The molecule has 6 nitrogen and oxygen atoms in total. The number of carbonyl (C=O) groups is 1. The molecule has 31 heavy (non-hydrogen) atoms. The molecule has 164 valence electrons. The number of hydrogen-bond donors (Lipinski definition) is 3. The summed E-state index contributed by atoms with van der Waals surface area (Å²) in [6.07, 6.45) is 2.88. The Morgan fingerprint density at radius 1 is 1.03 bits per heavy atom. The van der Waals surface area contributed by atoms with E-state index in [1.54, 1.807) is 4.90 Å². The Hall–Kier alpha value is -2.85. The molecule has 2 aromatic rings. The first-order valence-corrected chi connectivity index (χ1v) is 10.7. The molecule has 0 aromatic heterocycles. The van der Waals surface area contributed by atoms with Gasteiger partial charge in [-0.3, -0.25) is 4.79 Å². The van der Waals surface area contributed by atoms with Crippen LogP contribution in [0.3, 0.4) is 0 Å². The van der Waals surface area contributed by atoms with Crippen LogP contribution in [0.4, 0.5) is 0 Å². The molecule has 6 heteroatoms. The number of likely N-dealkylation sites (tertiary alicyclic amines) is 1. The van der Waals surface area contributed by atoms with Gasteiger partial charge in [0.2, 0.25) is 5.91 Å². The average molecular weight is 423 g/mol. The van der Waals surface area contributed by atoms with Gasteiger partial charge in [-0.1, -0.05) is 24.0 Å². The number of hydrogen-bond acceptors (Lipinski definition) is 5. The zero-order valence-corrected chi connectivity index (χ0v) is 17.7. The molecule has 3 rings (SSSR count). The zero-order valence-electron chi connectivity index (χ0n) is 17.7. The van der Waals surface area contributed by atoms with Crippen LogP contribution < -0.4 is 10.5 Å². The lowest BCUT2D eigenvalue weighted by molar-refractivity contribution is -0.134. The number of carbonyl (C=O) groups excluding carboxylic acids is 1. The van der Waals surface area contributed by atoms with Crippen molar-refractivity contribution in [3.63, 3.8) is 0 Å². The molecule has 1 saturated heterocycles. The van der Waals surface area contributed by atoms with E-state index in [2.05, 4.69) is 24.0 Å². The molecule has 2 aromatic carbocycles. The molecule has 4 N–H and O–H groups in total. The van der Waals surface area contributed by atoms with Gasteiger partial charge in [0.1, 0.15) is 18.4 Å². The van der Waals surface area contributed by atoms with Crippen LogP contribution in [0.25, 0.3) is 0 Å². The molecule has 1 aliphatic rings. The van der Waals surface area contributed by atoms with Crippen LogP contribution in [0.2, 0.25) is 0 Å². The molecular formula is C25H30N2O4. The topological polar surface area (TPSA) is 96.0 Å². The predicted octanol–water partition coefficient (Wildman–Crippen LogP) is 1.56. The van der Waals surface area contributed by atoms with Crippen LogP contribution in [0.5, 0.6) is 5.75 Å². The average Bonchev–Trinajstić information content (AvgIpc) is 2.82. The van der Waals surface area contributed by atoms with Crippen LogP contribution in [0, 0.1) is 17.8 Å². The molecule has 0 saturated carbocycles. The molecule has 1 fully saturated rings. The van der Waals surface area contributed by atoms with Crippen LogP contribution in [-0.4, -0.2) is 60.0 Å². The Kier molecular flexibility index (Phi) is 8.48. The van der Waals surface area contributed by atoms with E-state index >= 15 is 0 Å². The van der Waals surface area contributed by atoms with Crippen molar-refractivity contribution in [3.8, 4) is 17.6 Å². The standard InChI is InChI=1S/C25H30N2O4/c26-24(18-29)25(30)27-13-11-22(12-14-27)17-21-5-3-19(4-6-21)1-2-20-7-9-23(10-8-20)31-16-15-28/h3-10,22,24,28-29H,11-18,26H2/t24-/m1/s1. The van der Waals surface area contributed by atoms with Gasteiger partial charge in [-0.25, -0.2) is 0 Å². The van der Waals surface area contributed by atoms with E-state index in [0.717, 1.165) is 36.1 Å². The van der Waals surface area contributed by atoms with Crippen molar-refractivity contribution in [2.45, 2.75) is 25.3 Å². The third kappa shape index (κ3) is 6.83. The van der Waals surface area contributed by atoms with Gasteiger partial charge in [-0.05, 0) is 67.1 Å². The Morgan fingerprint density at radius 2 is 1.61 bits per heavy atom. The van der Waals surface area contributed by atoms with Crippen LogP contribution in [0.15, 0.2) is 48.5 Å². The second kappa shape index (κ2) is 11.5. The number of amides is 1. The highest BCUT2D eigenvalue weighted by atomic mass is 16.5. The zero-order chi connectivity index (χ0) is 22.1. The SMILES string of the molecule is N[C@H](CO)C(=O)N1CCC(Cc2ccc(C#Cc3ccc(OCCO)cc3)cc2)CC1. The van der Waals surface area contributed by atoms with Gasteiger partial charge >= 0.3 is 0 Å².